The van der Waals surface area contributed by atoms with Crippen LogP contribution in [0.5, 0.6) is 5.75 Å². The van der Waals surface area contributed by atoms with E-state index in [1.807, 2.05) is 31.2 Å². The van der Waals surface area contributed by atoms with Gasteiger partial charge in [-0.2, -0.15) is 0 Å². The number of anilines is 1. The fourth-order valence-corrected chi connectivity index (χ4v) is 6.93. The Labute approximate surface area is 261 Å². The predicted octanol–water partition coefficient (Wildman–Crippen LogP) is 6.17. The Morgan fingerprint density at radius 3 is 2.33 bits per heavy atom. The quantitative estimate of drug-likeness (QED) is 0.248. The maximum Gasteiger partial charge on any atom is 0.264 e. The van der Waals surface area contributed by atoms with Crippen LogP contribution in [-0.2, 0) is 26.2 Å². The summed E-state index contributed by atoms with van der Waals surface area (Å²) in [6.07, 6.45) is 3.92. The number of amides is 2. The zero-order chi connectivity index (χ0) is 30.3. The van der Waals surface area contributed by atoms with Crippen molar-refractivity contribution in [3.63, 3.8) is 0 Å². The topological polar surface area (TPSA) is 96.0 Å². The Bertz CT molecular complexity index is 1480. The van der Waals surface area contributed by atoms with Crippen molar-refractivity contribution in [1.29, 1.82) is 0 Å². The summed E-state index contributed by atoms with van der Waals surface area (Å²) < 4.78 is 35.3. The van der Waals surface area contributed by atoms with E-state index in [0.717, 1.165) is 40.0 Å². The smallest absolute Gasteiger partial charge is 0.264 e. The van der Waals surface area contributed by atoms with Gasteiger partial charge in [0.1, 0.15) is 18.3 Å². The van der Waals surface area contributed by atoms with E-state index >= 15 is 0 Å². The summed E-state index contributed by atoms with van der Waals surface area (Å²) in [5.41, 5.74) is 1.08. The van der Waals surface area contributed by atoms with E-state index in [9.17, 15) is 18.0 Å². The molecule has 3 aromatic rings. The lowest BCUT2D eigenvalue weighted by Gasteiger charge is -2.32. The second kappa shape index (κ2) is 14.4. The van der Waals surface area contributed by atoms with E-state index in [0.29, 0.717) is 17.4 Å². The van der Waals surface area contributed by atoms with Crippen LogP contribution in [0.1, 0.15) is 45.1 Å². The molecule has 1 N–H and O–H groups in total. The normalized spacial score (nSPS) is 14.3. The molecule has 0 heterocycles. The lowest BCUT2D eigenvalue weighted by atomic mass is 10.1. The van der Waals surface area contributed by atoms with Crippen LogP contribution in [0.2, 0.25) is 5.02 Å². The summed E-state index contributed by atoms with van der Waals surface area (Å²) in [6, 6.07) is 19.0. The minimum atomic E-state index is -4.19. The number of carbonyl (C=O) groups is 2. The predicted molar refractivity (Wildman–Crippen MR) is 168 cm³/mol. The van der Waals surface area contributed by atoms with Crippen molar-refractivity contribution in [1.82, 2.24) is 10.2 Å². The number of hydrogen-bond donors (Lipinski definition) is 1. The van der Waals surface area contributed by atoms with Crippen LogP contribution in [0.3, 0.4) is 0 Å². The highest BCUT2D eigenvalue weighted by Gasteiger charge is 2.33. The molecule has 0 spiro atoms. The molecule has 1 fully saturated rings. The minimum Gasteiger partial charge on any atom is -0.494 e. The molecule has 0 unspecified atom stereocenters. The largest absolute Gasteiger partial charge is 0.494 e. The Balaban J connectivity index is 1.69. The number of nitrogens with one attached hydrogen (secondary N) is 1. The number of ether oxygens (including phenoxy) is 1. The van der Waals surface area contributed by atoms with Crippen LogP contribution in [0.4, 0.5) is 5.69 Å². The molecule has 1 atom stereocenters. The van der Waals surface area contributed by atoms with Crippen molar-refractivity contribution in [3.05, 3.63) is 87.9 Å². The van der Waals surface area contributed by atoms with Crippen molar-refractivity contribution in [2.75, 3.05) is 17.5 Å². The van der Waals surface area contributed by atoms with E-state index in [1.54, 1.807) is 31.2 Å². The van der Waals surface area contributed by atoms with Gasteiger partial charge in [-0.15, -0.1) is 0 Å². The molecular weight excluding hydrogens is 642 g/mol. The average molecular weight is 677 g/mol. The maximum absolute atomic E-state index is 14.1. The standard InChI is InChI=1S/C31H35BrClN3O5S/c1-3-41-28-15-13-27(14-16-28)36(42(39,40)29-17-11-25(33)12-18-29)21-30(37)35(20-23-7-6-8-24(32)19-23)22(2)31(38)34-26-9-4-5-10-26/h6-8,11-19,22,26H,3-5,9-10,20-21H2,1-2H3,(H,34,38)/t22-/m1/s1. The zero-order valence-corrected chi connectivity index (χ0v) is 26.8. The first-order valence-corrected chi connectivity index (χ1v) is 16.5. The molecule has 0 bridgehead atoms. The highest BCUT2D eigenvalue weighted by atomic mass is 79.9. The molecule has 0 saturated heterocycles. The Kier molecular flexibility index (Phi) is 10.9. The van der Waals surface area contributed by atoms with Crippen LogP contribution < -0.4 is 14.4 Å². The van der Waals surface area contributed by atoms with Gasteiger partial charge in [-0.05, 0) is 92.9 Å². The van der Waals surface area contributed by atoms with Crippen molar-refractivity contribution < 1.29 is 22.7 Å². The van der Waals surface area contributed by atoms with E-state index in [4.69, 9.17) is 16.3 Å². The van der Waals surface area contributed by atoms with Crippen LogP contribution in [0, 0.1) is 0 Å². The number of nitrogens with zero attached hydrogens (tertiary/aromatic N) is 2. The molecule has 4 rings (SSSR count). The van der Waals surface area contributed by atoms with Gasteiger partial charge in [0.25, 0.3) is 10.0 Å². The first kappa shape index (κ1) is 31.8. The molecule has 42 heavy (non-hydrogen) atoms. The molecule has 3 aromatic carbocycles. The second-order valence-electron chi connectivity index (χ2n) is 10.2. The summed E-state index contributed by atoms with van der Waals surface area (Å²) in [6.45, 7) is 3.59. The first-order valence-electron chi connectivity index (χ1n) is 13.9. The van der Waals surface area contributed by atoms with Gasteiger partial charge in [0.2, 0.25) is 11.8 Å². The zero-order valence-electron chi connectivity index (χ0n) is 23.6. The Morgan fingerprint density at radius 1 is 1.05 bits per heavy atom. The molecule has 1 saturated carbocycles. The average Bonchev–Trinajstić information content (AvgIpc) is 3.48. The van der Waals surface area contributed by atoms with Crippen molar-refractivity contribution in [2.45, 2.75) is 63.1 Å². The maximum atomic E-state index is 14.1. The van der Waals surface area contributed by atoms with E-state index < -0.39 is 28.5 Å². The molecule has 2 amide bonds. The number of sulfonamides is 1. The summed E-state index contributed by atoms with van der Waals surface area (Å²) in [5.74, 6) is -0.209. The van der Waals surface area contributed by atoms with Gasteiger partial charge in [0.05, 0.1) is 17.2 Å². The van der Waals surface area contributed by atoms with E-state index in [-0.39, 0.29) is 29.1 Å². The van der Waals surface area contributed by atoms with Gasteiger partial charge >= 0.3 is 0 Å². The fraction of sp³-hybridized carbons (Fsp3) is 0.355. The number of halogens is 2. The lowest BCUT2D eigenvalue weighted by molar-refractivity contribution is -0.139. The molecule has 224 valence electrons. The third-order valence-corrected chi connectivity index (χ3v) is 9.76. The number of benzene rings is 3. The third kappa shape index (κ3) is 8.05. The summed E-state index contributed by atoms with van der Waals surface area (Å²) in [7, 11) is -4.19. The summed E-state index contributed by atoms with van der Waals surface area (Å²) in [5, 5.41) is 3.46. The van der Waals surface area contributed by atoms with Crippen molar-refractivity contribution in [3.8, 4) is 5.75 Å². The van der Waals surface area contributed by atoms with E-state index in [1.165, 1.54) is 29.2 Å². The highest BCUT2D eigenvalue weighted by molar-refractivity contribution is 9.10. The SMILES string of the molecule is CCOc1ccc(N(CC(=O)N(Cc2cccc(Br)c2)[C@H](C)C(=O)NC2CCCC2)S(=O)(=O)c2ccc(Cl)cc2)cc1. The molecule has 8 nitrogen and oxygen atoms in total. The molecule has 1 aliphatic rings. The van der Waals surface area contributed by atoms with Gasteiger partial charge < -0.3 is 15.0 Å². The first-order chi connectivity index (χ1) is 20.1. The van der Waals surface area contributed by atoms with Gasteiger partial charge in [-0.3, -0.25) is 13.9 Å². The molecule has 1 aliphatic carbocycles. The minimum absolute atomic E-state index is 0.0147. The molecule has 0 aliphatic heterocycles. The van der Waals surface area contributed by atoms with Gasteiger partial charge in [0, 0.05) is 22.1 Å². The van der Waals surface area contributed by atoms with Crippen molar-refractivity contribution in [2.24, 2.45) is 0 Å². The second-order valence-corrected chi connectivity index (χ2v) is 13.4. The Hall–Kier alpha value is -3.08. The summed E-state index contributed by atoms with van der Waals surface area (Å²) in [4.78, 5) is 28.8. The van der Waals surface area contributed by atoms with Crippen molar-refractivity contribution >= 4 is 55.1 Å². The lowest BCUT2D eigenvalue weighted by Crippen LogP contribution is -2.52. The molecule has 0 aromatic heterocycles. The van der Waals surface area contributed by atoms with Crippen LogP contribution >= 0.6 is 27.5 Å². The molecule has 11 heteroatoms. The highest BCUT2D eigenvalue weighted by Crippen LogP contribution is 2.28. The van der Waals surface area contributed by atoms with Crippen LogP contribution in [0.25, 0.3) is 0 Å². The van der Waals surface area contributed by atoms with Crippen LogP contribution in [0.15, 0.2) is 82.2 Å². The number of hydrogen-bond acceptors (Lipinski definition) is 5. The third-order valence-electron chi connectivity index (χ3n) is 7.23. The van der Waals surface area contributed by atoms with Crippen LogP contribution in [-0.4, -0.2) is 50.4 Å². The van der Waals surface area contributed by atoms with E-state index in [2.05, 4.69) is 21.2 Å². The number of rotatable bonds is 12. The summed E-state index contributed by atoms with van der Waals surface area (Å²) >= 11 is 9.49. The fourth-order valence-electron chi connectivity index (χ4n) is 4.94. The number of carbonyl (C=O) groups excluding carboxylic acids is 2. The molecular formula is C31H35BrClN3O5S. The van der Waals surface area contributed by atoms with Gasteiger partial charge in [-0.25, -0.2) is 8.42 Å². The van der Waals surface area contributed by atoms with Gasteiger partial charge in [-0.1, -0.05) is 52.5 Å². The van der Waals surface area contributed by atoms with Gasteiger partial charge in [0.15, 0.2) is 0 Å². The monoisotopic (exact) mass is 675 g/mol. The molecule has 0 radical (unpaired) electrons. The Morgan fingerprint density at radius 2 is 1.71 bits per heavy atom.